The van der Waals surface area contributed by atoms with Crippen molar-refractivity contribution < 1.29 is 22.7 Å². The third-order valence-electron chi connectivity index (χ3n) is 7.78. The summed E-state index contributed by atoms with van der Waals surface area (Å²) in [5.41, 5.74) is -0.378. The van der Waals surface area contributed by atoms with Crippen molar-refractivity contribution in [2.75, 3.05) is 26.0 Å². The van der Waals surface area contributed by atoms with Gasteiger partial charge in [0.2, 0.25) is 10.0 Å². The van der Waals surface area contributed by atoms with Crippen LogP contribution in [-0.2, 0) is 24.3 Å². The fourth-order valence-electron chi connectivity index (χ4n) is 6.50. The Kier molecular flexibility index (Phi) is 4.02. The largest absolute Gasteiger partial charge is 0.468 e. The first-order valence-corrected chi connectivity index (χ1v) is 11.0. The van der Waals surface area contributed by atoms with E-state index in [9.17, 15) is 13.2 Å². The first-order valence-electron chi connectivity index (χ1n) is 9.43. The number of methoxy groups -OCH3 is 1. The molecule has 0 N–H and O–H groups in total. The van der Waals surface area contributed by atoms with Crippen molar-refractivity contribution in [3.63, 3.8) is 0 Å². The molecule has 2 aliphatic carbocycles. The molecule has 25 heavy (non-hydrogen) atoms. The second-order valence-corrected chi connectivity index (χ2v) is 10.7. The first kappa shape index (κ1) is 17.7. The number of esters is 1. The highest BCUT2D eigenvalue weighted by Gasteiger charge is 2.71. The standard InChI is InChI=1S/C18H29NO5S/c1-17(2)13-6-8-18(17,15-12(13)7-10-24-15)11-25(21,22)19-9-4-5-14(19)16(20)23-3/h12-15H,4-11H2,1-3H3/t12?,13?,14-,15?,18?/m1/s1. The van der Waals surface area contributed by atoms with Crippen LogP contribution >= 0.6 is 0 Å². The zero-order valence-corrected chi connectivity index (χ0v) is 16.2. The van der Waals surface area contributed by atoms with Crippen LogP contribution in [0.15, 0.2) is 0 Å². The van der Waals surface area contributed by atoms with Gasteiger partial charge in [0.1, 0.15) is 6.04 Å². The monoisotopic (exact) mass is 371 g/mol. The van der Waals surface area contributed by atoms with Gasteiger partial charge in [-0.3, -0.25) is 4.79 Å². The highest BCUT2D eigenvalue weighted by atomic mass is 32.2. The maximum atomic E-state index is 13.3. The molecule has 4 rings (SSSR count). The van der Waals surface area contributed by atoms with Crippen molar-refractivity contribution >= 4 is 16.0 Å². The molecule has 4 aliphatic rings. The van der Waals surface area contributed by atoms with Crippen molar-refractivity contribution in [1.82, 2.24) is 4.31 Å². The van der Waals surface area contributed by atoms with Gasteiger partial charge in [0.05, 0.1) is 19.0 Å². The molecule has 142 valence electrons. The summed E-state index contributed by atoms with van der Waals surface area (Å²) < 4.78 is 39.0. The summed E-state index contributed by atoms with van der Waals surface area (Å²) >= 11 is 0. The van der Waals surface area contributed by atoms with E-state index in [1.54, 1.807) is 0 Å². The number of hydrogen-bond acceptors (Lipinski definition) is 5. The van der Waals surface area contributed by atoms with Crippen LogP contribution in [0.5, 0.6) is 0 Å². The normalized spacial score (nSPS) is 42.7. The van der Waals surface area contributed by atoms with E-state index >= 15 is 0 Å². The maximum Gasteiger partial charge on any atom is 0.324 e. The van der Waals surface area contributed by atoms with Gasteiger partial charge in [-0.05, 0) is 49.4 Å². The van der Waals surface area contributed by atoms with E-state index in [4.69, 9.17) is 9.47 Å². The lowest BCUT2D eigenvalue weighted by molar-refractivity contribution is -0.144. The van der Waals surface area contributed by atoms with E-state index in [-0.39, 0.29) is 22.7 Å². The van der Waals surface area contributed by atoms with E-state index < -0.39 is 22.0 Å². The molecular weight excluding hydrogens is 342 g/mol. The molecule has 0 aromatic rings. The lowest BCUT2D eigenvalue weighted by Gasteiger charge is -2.42. The highest BCUT2D eigenvalue weighted by Crippen LogP contribution is 2.71. The molecule has 5 atom stereocenters. The molecule has 0 spiro atoms. The minimum absolute atomic E-state index is 0.0453. The number of carbonyl (C=O) groups excluding carboxylic acids is 1. The maximum absolute atomic E-state index is 13.3. The number of fused-ring (bicyclic) bond motifs is 5. The number of ether oxygens (including phenoxy) is 2. The fourth-order valence-corrected chi connectivity index (χ4v) is 8.99. The van der Waals surface area contributed by atoms with E-state index in [0.29, 0.717) is 31.2 Å². The Labute approximate surface area is 150 Å². The molecule has 6 nitrogen and oxygen atoms in total. The van der Waals surface area contributed by atoms with E-state index in [1.807, 2.05) is 0 Å². The fraction of sp³-hybridized carbons (Fsp3) is 0.944. The van der Waals surface area contributed by atoms with Crippen LogP contribution in [0.3, 0.4) is 0 Å². The average Bonchev–Trinajstić information content (AvgIpc) is 3.28. The Bertz CT molecular complexity index is 675. The molecule has 0 aromatic carbocycles. The van der Waals surface area contributed by atoms with Crippen LogP contribution in [0.25, 0.3) is 0 Å². The smallest absolute Gasteiger partial charge is 0.324 e. The van der Waals surface area contributed by atoms with E-state index in [0.717, 1.165) is 25.9 Å². The molecule has 4 fully saturated rings. The van der Waals surface area contributed by atoms with Crippen molar-refractivity contribution in [3.05, 3.63) is 0 Å². The topological polar surface area (TPSA) is 72.9 Å². The molecule has 7 heteroatoms. The van der Waals surface area contributed by atoms with Gasteiger partial charge < -0.3 is 9.47 Å². The molecule has 2 bridgehead atoms. The highest BCUT2D eigenvalue weighted by molar-refractivity contribution is 7.89. The van der Waals surface area contributed by atoms with Gasteiger partial charge in [0.15, 0.2) is 0 Å². The van der Waals surface area contributed by atoms with Crippen LogP contribution in [-0.4, -0.2) is 56.9 Å². The summed E-state index contributed by atoms with van der Waals surface area (Å²) in [5, 5.41) is 0. The Morgan fingerprint density at radius 1 is 1.28 bits per heavy atom. The number of rotatable bonds is 4. The van der Waals surface area contributed by atoms with Crippen LogP contribution in [0.2, 0.25) is 0 Å². The number of sulfonamides is 1. The van der Waals surface area contributed by atoms with Crippen molar-refractivity contribution in [1.29, 1.82) is 0 Å². The van der Waals surface area contributed by atoms with Crippen molar-refractivity contribution in [3.8, 4) is 0 Å². The van der Waals surface area contributed by atoms with Gasteiger partial charge >= 0.3 is 5.97 Å². The Morgan fingerprint density at radius 2 is 2.04 bits per heavy atom. The summed E-state index contributed by atoms with van der Waals surface area (Å²) in [6, 6.07) is -0.659. The van der Waals surface area contributed by atoms with Crippen LogP contribution < -0.4 is 0 Å². The summed E-state index contributed by atoms with van der Waals surface area (Å²) in [6.07, 6.45) is 4.36. The second-order valence-electron chi connectivity index (χ2n) is 8.82. The van der Waals surface area contributed by atoms with Gasteiger partial charge in [0, 0.05) is 18.6 Å². The molecular formula is C18H29NO5S. The van der Waals surface area contributed by atoms with Crippen LogP contribution in [0, 0.1) is 22.7 Å². The van der Waals surface area contributed by atoms with Gasteiger partial charge in [-0.1, -0.05) is 13.8 Å². The third-order valence-corrected chi connectivity index (χ3v) is 9.82. The Morgan fingerprint density at radius 3 is 2.76 bits per heavy atom. The molecule has 0 radical (unpaired) electrons. The number of hydrogen-bond donors (Lipinski definition) is 0. The Balaban J connectivity index is 1.65. The quantitative estimate of drug-likeness (QED) is 0.705. The lowest BCUT2D eigenvalue weighted by Crippen LogP contribution is -2.51. The minimum atomic E-state index is -3.55. The molecule has 2 heterocycles. The van der Waals surface area contributed by atoms with Gasteiger partial charge in [-0.2, -0.15) is 4.31 Å². The zero-order chi connectivity index (χ0) is 18.0. The SMILES string of the molecule is COC(=O)[C@H]1CCCN1S(=O)(=O)CC12CCC(C3CCOC31)C2(C)C. The van der Waals surface area contributed by atoms with Crippen molar-refractivity contribution in [2.45, 2.75) is 58.1 Å². The third kappa shape index (κ3) is 2.28. The molecule has 2 saturated carbocycles. The predicted molar refractivity (Wildman–Crippen MR) is 92.3 cm³/mol. The van der Waals surface area contributed by atoms with Crippen LogP contribution in [0.1, 0.15) is 46.0 Å². The predicted octanol–water partition coefficient (Wildman–Crippen LogP) is 1.79. The van der Waals surface area contributed by atoms with Crippen LogP contribution in [0.4, 0.5) is 0 Å². The summed E-state index contributed by atoms with van der Waals surface area (Å²) in [6.45, 7) is 5.61. The first-order chi connectivity index (χ1) is 11.7. The second kappa shape index (κ2) is 5.67. The van der Waals surface area contributed by atoms with Gasteiger partial charge in [-0.25, -0.2) is 8.42 Å². The number of carbonyl (C=O) groups is 1. The average molecular weight is 371 g/mol. The lowest BCUT2D eigenvalue weighted by atomic mass is 9.69. The zero-order valence-electron chi connectivity index (χ0n) is 15.4. The van der Waals surface area contributed by atoms with Crippen molar-refractivity contribution in [2.24, 2.45) is 22.7 Å². The molecule has 0 amide bonds. The molecule has 2 aliphatic heterocycles. The molecule has 0 aromatic heterocycles. The number of nitrogens with zero attached hydrogens (tertiary/aromatic N) is 1. The van der Waals surface area contributed by atoms with E-state index in [1.165, 1.54) is 11.4 Å². The molecule has 2 saturated heterocycles. The summed E-state index contributed by atoms with van der Waals surface area (Å²) in [4.78, 5) is 12.0. The Hall–Kier alpha value is -0.660. The summed E-state index contributed by atoms with van der Waals surface area (Å²) in [5.74, 6) is 0.695. The van der Waals surface area contributed by atoms with E-state index in [2.05, 4.69) is 13.8 Å². The van der Waals surface area contributed by atoms with Gasteiger partial charge in [0.25, 0.3) is 0 Å². The summed E-state index contributed by atoms with van der Waals surface area (Å²) in [7, 11) is -2.23. The molecule has 4 unspecified atom stereocenters. The minimum Gasteiger partial charge on any atom is -0.468 e. The van der Waals surface area contributed by atoms with Gasteiger partial charge in [-0.15, -0.1) is 0 Å².